The van der Waals surface area contributed by atoms with Crippen LogP contribution in [0.1, 0.15) is 5.56 Å². The molecule has 22 heavy (non-hydrogen) atoms. The Balaban J connectivity index is 2.38. The van der Waals surface area contributed by atoms with Gasteiger partial charge in [-0.3, -0.25) is 0 Å². The van der Waals surface area contributed by atoms with Crippen molar-refractivity contribution in [2.24, 2.45) is 0 Å². The average molecular weight is 370 g/mol. The molecule has 0 saturated heterocycles. The molecule has 0 aliphatic heterocycles. The van der Waals surface area contributed by atoms with Crippen LogP contribution < -0.4 is 0 Å². The molecule has 1 aromatic carbocycles. The van der Waals surface area contributed by atoms with Crippen LogP contribution in [0.25, 0.3) is 0 Å². The van der Waals surface area contributed by atoms with E-state index in [0.29, 0.717) is 9.87 Å². The average Bonchev–Trinajstić information content (AvgIpc) is 2.89. The first-order valence-corrected chi connectivity index (χ1v) is 8.78. The van der Waals surface area contributed by atoms with Gasteiger partial charge in [0.05, 0.1) is 4.90 Å². The van der Waals surface area contributed by atoms with Gasteiger partial charge in [-0.15, -0.1) is 0 Å². The molecule has 120 valence electrons. The summed E-state index contributed by atoms with van der Waals surface area (Å²) < 4.78 is 63.5. The number of halogens is 4. The highest BCUT2D eigenvalue weighted by Gasteiger charge is 2.37. The maximum Gasteiger partial charge on any atom is 0.402 e. The van der Waals surface area contributed by atoms with Crippen molar-refractivity contribution in [3.05, 3.63) is 51.7 Å². The van der Waals surface area contributed by atoms with E-state index in [1.165, 1.54) is 29.5 Å². The molecule has 0 unspecified atom stereocenters. The van der Waals surface area contributed by atoms with Gasteiger partial charge in [0, 0.05) is 11.6 Å². The molecule has 0 aliphatic rings. The summed E-state index contributed by atoms with van der Waals surface area (Å²) in [6.07, 6.45) is -4.64. The van der Waals surface area contributed by atoms with Gasteiger partial charge in [0.25, 0.3) is 0 Å². The van der Waals surface area contributed by atoms with Gasteiger partial charge in [0.1, 0.15) is 6.54 Å². The fourth-order valence-corrected chi connectivity index (χ4v) is 4.16. The van der Waals surface area contributed by atoms with Crippen LogP contribution in [0, 0.1) is 0 Å². The summed E-state index contributed by atoms with van der Waals surface area (Å²) in [5, 5.41) is 3.42. The van der Waals surface area contributed by atoms with E-state index in [1.807, 2.05) is 0 Å². The molecule has 0 saturated carbocycles. The van der Waals surface area contributed by atoms with Gasteiger partial charge < -0.3 is 0 Å². The van der Waals surface area contributed by atoms with Crippen molar-refractivity contribution >= 4 is 33.0 Å². The molecule has 0 amide bonds. The summed E-state index contributed by atoms with van der Waals surface area (Å²) >= 11 is 7.01. The van der Waals surface area contributed by atoms with Crippen LogP contribution in [0.15, 0.2) is 46.0 Å². The zero-order chi connectivity index (χ0) is 16.4. The van der Waals surface area contributed by atoms with Gasteiger partial charge in [-0.05, 0) is 40.6 Å². The topological polar surface area (TPSA) is 37.4 Å². The summed E-state index contributed by atoms with van der Waals surface area (Å²) in [6, 6.07) is 6.77. The number of hydrogen-bond donors (Lipinski definition) is 0. The van der Waals surface area contributed by atoms with Crippen LogP contribution in [0.5, 0.6) is 0 Å². The number of alkyl halides is 3. The Kier molecular flexibility index (Phi) is 5.16. The predicted molar refractivity (Wildman–Crippen MR) is 79.4 cm³/mol. The van der Waals surface area contributed by atoms with Crippen LogP contribution >= 0.6 is 22.9 Å². The highest BCUT2D eigenvalue weighted by Crippen LogP contribution is 2.26. The monoisotopic (exact) mass is 369 g/mol. The number of hydrogen-bond acceptors (Lipinski definition) is 3. The van der Waals surface area contributed by atoms with E-state index in [0.717, 1.165) is 6.07 Å². The van der Waals surface area contributed by atoms with Crippen molar-refractivity contribution in [2.75, 3.05) is 6.54 Å². The van der Waals surface area contributed by atoms with Crippen LogP contribution in [-0.4, -0.2) is 25.4 Å². The molecule has 0 aliphatic carbocycles. The van der Waals surface area contributed by atoms with Crippen LogP contribution in [-0.2, 0) is 16.6 Å². The lowest BCUT2D eigenvalue weighted by Crippen LogP contribution is -2.38. The van der Waals surface area contributed by atoms with Gasteiger partial charge in [-0.2, -0.15) is 28.8 Å². The molecular formula is C13H11ClF3NO2S2. The molecule has 0 bridgehead atoms. The third-order valence-electron chi connectivity index (χ3n) is 2.73. The van der Waals surface area contributed by atoms with Gasteiger partial charge in [0.15, 0.2) is 0 Å². The Morgan fingerprint density at radius 1 is 1.23 bits per heavy atom. The minimum Gasteiger partial charge on any atom is -0.207 e. The zero-order valence-electron chi connectivity index (χ0n) is 11.0. The molecule has 0 radical (unpaired) electrons. The Bertz CT molecular complexity index is 730. The Labute approximate surface area is 135 Å². The summed E-state index contributed by atoms with van der Waals surface area (Å²) in [5.41, 5.74) is 0.500. The van der Waals surface area contributed by atoms with E-state index in [4.69, 9.17) is 11.6 Å². The van der Waals surface area contributed by atoms with Gasteiger partial charge in [-0.25, -0.2) is 8.42 Å². The predicted octanol–water partition coefficient (Wildman–Crippen LogP) is 4.15. The molecule has 0 fully saturated rings. The van der Waals surface area contributed by atoms with E-state index in [9.17, 15) is 21.6 Å². The van der Waals surface area contributed by atoms with Crippen molar-refractivity contribution in [3.63, 3.8) is 0 Å². The second-order valence-electron chi connectivity index (χ2n) is 4.48. The number of rotatable bonds is 5. The quantitative estimate of drug-likeness (QED) is 0.793. The molecule has 3 nitrogen and oxygen atoms in total. The molecule has 2 rings (SSSR count). The standard InChI is InChI=1S/C13H11ClF3NO2S2/c14-11-2-1-3-12(6-11)22(19,20)18(9-13(15,16)17)7-10-4-5-21-8-10/h1-6,8H,7,9H2. The van der Waals surface area contributed by atoms with E-state index >= 15 is 0 Å². The summed E-state index contributed by atoms with van der Waals surface area (Å²) in [6.45, 7) is -1.91. The summed E-state index contributed by atoms with van der Waals surface area (Å²) in [7, 11) is -4.30. The van der Waals surface area contributed by atoms with E-state index in [1.54, 1.807) is 16.8 Å². The lowest BCUT2D eigenvalue weighted by molar-refractivity contribution is -0.136. The SMILES string of the molecule is O=S(=O)(c1cccc(Cl)c1)N(Cc1ccsc1)CC(F)(F)F. The molecule has 0 spiro atoms. The molecule has 1 heterocycles. The fraction of sp³-hybridized carbons (Fsp3) is 0.231. The lowest BCUT2D eigenvalue weighted by atomic mass is 10.3. The summed E-state index contributed by atoms with van der Waals surface area (Å²) in [4.78, 5) is -0.264. The maximum atomic E-state index is 12.7. The van der Waals surface area contributed by atoms with Gasteiger partial charge >= 0.3 is 6.18 Å². The highest BCUT2D eigenvalue weighted by molar-refractivity contribution is 7.89. The van der Waals surface area contributed by atoms with Gasteiger partial charge in [0.2, 0.25) is 10.0 Å². The third kappa shape index (κ3) is 4.45. The van der Waals surface area contributed by atoms with Crippen molar-refractivity contribution < 1.29 is 21.6 Å². The van der Waals surface area contributed by atoms with Crippen LogP contribution in [0.3, 0.4) is 0 Å². The first-order valence-electron chi connectivity index (χ1n) is 6.02. The third-order valence-corrected chi connectivity index (χ3v) is 5.48. The maximum absolute atomic E-state index is 12.7. The Morgan fingerprint density at radius 3 is 2.50 bits per heavy atom. The van der Waals surface area contributed by atoms with Crippen molar-refractivity contribution in [3.8, 4) is 0 Å². The number of sulfonamides is 1. The number of nitrogens with zero attached hydrogens (tertiary/aromatic N) is 1. The normalized spacial score (nSPS) is 12.8. The van der Waals surface area contributed by atoms with Crippen molar-refractivity contribution in [2.45, 2.75) is 17.6 Å². The van der Waals surface area contributed by atoms with Crippen LogP contribution in [0.2, 0.25) is 5.02 Å². The molecule has 0 N–H and O–H groups in total. The van der Waals surface area contributed by atoms with Crippen molar-refractivity contribution in [1.29, 1.82) is 0 Å². The minimum atomic E-state index is -4.64. The van der Waals surface area contributed by atoms with E-state index in [2.05, 4.69) is 0 Å². The first kappa shape index (κ1) is 17.3. The summed E-state index contributed by atoms with van der Waals surface area (Å²) in [5.74, 6) is 0. The molecule has 0 atom stereocenters. The Morgan fingerprint density at radius 2 is 1.95 bits per heavy atom. The van der Waals surface area contributed by atoms with Crippen molar-refractivity contribution in [1.82, 2.24) is 4.31 Å². The smallest absolute Gasteiger partial charge is 0.207 e. The second-order valence-corrected chi connectivity index (χ2v) is 7.63. The Hall–Kier alpha value is -1.09. The fourth-order valence-electron chi connectivity index (χ4n) is 1.79. The molecule has 2 aromatic rings. The van der Waals surface area contributed by atoms with E-state index < -0.39 is 22.7 Å². The number of thiophene rings is 1. The molecule has 1 aromatic heterocycles. The number of benzene rings is 1. The highest BCUT2D eigenvalue weighted by atomic mass is 35.5. The zero-order valence-corrected chi connectivity index (χ0v) is 13.4. The largest absolute Gasteiger partial charge is 0.402 e. The van der Waals surface area contributed by atoms with E-state index in [-0.39, 0.29) is 16.5 Å². The first-order chi connectivity index (χ1) is 10.2. The second kappa shape index (κ2) is 6.57. The molecule has 9 heteroatoms. The van der Waals surface area contributed by atoms with Crippen LogP contribution in [0.4, 0.5) is 13.2 Å². The lowest BCUT2D eigenvalue weighted by Gasteiger charge is -2.23. The minimum absolute atomic E-state index is 0.142. The molecular weight excluding hydrogens is 359 g/mol. The van der Waals surface area contributed by atoms with Gasteiger partial charge in [-0.1, -0.05) is 17.7 Å².